The highest BCUT2D eigenvalue weighted by atomic mass is 16.6. The van der Waals surface area contributed by atoms with Crippen LogP contribution in [-0.2, 0) is 15.9 Å². The van der Waals surface area contributed by atoms with Gasteiger partial charge in [0.05, 0.1) is 19.3 Å². The van der Waals surface area contributed by atoms with E-state index in [1.54, 1.807) is 6.07 Å². The third-order valence-electron chi connectivity index (χ3n) is 4.79. The molecular weight excluding hydrogens is 318 g/mol. The molecule has 2 rings (SSSR count). The van der Waals surface area contributed by atoms with Gasteiger partial charge in [0.2, 0.25) is 0 Å². The number of amides is 1. The molecule has 1 aromatic rings. The maximum Gasteiger partial charge on any atom is 0.409 e. The predicted octanol–water partition coefficient (Wildman–Crippen LogP) is 4.05. The van der Waals surface area contributed by atoms with Crippen molar-refractivity contribution >= 4 is 12.1 Å². The second kappa shape index (κ2) is 10.1. The lowest BCUT2D eigenvalue weighted by molar-refractivity contribution is 0.0600. The van der Waals surface area contributed by atoms with Gasteiger partial charge in [-0.15, -0.1) is 0 Å². The van der Waals surface area contributed by atoms with E-state index >= 15 is 0 Å². The van der Waals surface area contributed by atoms with E-state index < -0.39 is 0 Å². The molecule has 0 aliphatic carbocycles. The van der Waals surface area contributed by atoms with E-state index in [4.69, 9.17) is 9.47 Å². The van der Waals surface area contributed by atoms with Crippen LogP contribution >= 0.6 is 0 Å². The van der Waals surface area contributed by atoms with Crippen LogP contribution in [-0.4, -0.2) is 43.8 Å². The Morgan fingerprint density at radius 1 is 1.24 bits per heavy atom. The Balaban J connectivity index is 1.73. The van der Waals surface area contributed by atoms with E-state index in [-0.39, 0.29) is 12.1 Å². The molecule has 0 atom stereocenters. The standard InChI is InChI=1S/C20H29NO4/c1-3-4-14-25-20(23)21-12-10-16(11-13-21)8-9-17-6-5-7-18(15-17)19(22)24-2/h5-7,15-16H,3-4,8-14H2,1-2H3. The molecule has 0 unspecified atom stereocenters. The van der Waals surface area contributed by atoms with E-state index in [1.807, 2.05) is 23.1 Å². The SMILES string of the molecule is CCCCOC(=O)N1CCC(CCc2cccc(C(=O)OC)c2)CC1. The average molecular weight is 347 g/mol. The predicted molar refractivity (Wildman–Crippen MR) is 96.7 cm³/mol. The monoisotopic (exact) mass is 347 g/mol. The van der Waals surface area contributed by atoms with Crippen molar-refractivity contribution in [1.82, 2.24) is 4.90 Å². The molecule has 5 nitrogen and oxygen atoms in total. The highest BCUT2D eigenvalue weighted by Crippen LogP contribution is 2.23. The normalized spacial score (nSPS) is 15.0. The van der Waals surface area contributed by atoms with Gasteiger partial charge < -0.3 is 14.4 Å². The third kappa shape index (κ3) is 6.07. The van der Waals surface area contributed by atoms with Crippen LogP contribution in [0, 0.1) is 5.92 Å². The summed E-state index contributed by atoms with van der Waals surface area (Å²) in [6.07, 6.45) is 5.83. The van der Waals surface area contributed by atoms with Crippen molar-refractivity contribution < 1.29 is 19.1 Å². The number of hydrogen-bond acceptors (Lipinski definition) is 4. The summed E-state index contributed by atoms with van der Waals surface area (Å²) in [6, 6.07) is 7.63. The second-order valence-electron chi connectivity index (χ2n) is 6.63. The summed E-state index contributed by atoms with van der Waals surface area (Å²) in [5.41, 5.74) is 1.76. The first-order valence-corrected chi connectivity index (χ1v) is 9.23. The van der Waals surface area contributed by atoms with Gasteiger partial charge in [-0.05, 0) is 55.7 Å². The maximum absolute atomic E-state index is 11.9. The molecule has 1 heterocycles. The first kappa shape index (κ1) is 19.3. The number of nitrogens with zero attached hydrogens (tertiary/aromatic N) is 1. The zero-order valence-electron chi connectivity index (χ0n) is 15.3. The number of rotatable bonds is 7. The van der Waals surface area contributed by atoms with Gasteiger partial charge in [-0.3, -0.25) is 0 Å². The molecule has 0 saturated carbocycles. The van der Waals surface area contributed by atoms with Crippen molar-refractivity contribution in [1.29, 1.82) is 0 Å². The van der Waals surface area contributed by atoms with Crippen molar-refractivity contribution in [2.45, 2.75) is 45.4 Å². The molecule has 0 N–H and O–H groups in total. The molecular formula is C20H29NO4. The average Bonchev–Trinajstić information content (AvgIpc) is 2.66. The molecule has 138 valence electrons. The van der Waals surface area contributed by atoms with Crippen LogP contribution < -0.4 is 0 Å². The van der Waals surface area contributed by atoms with Crippen molar-refractivity contribution in [3.63, 3.8) is 0 Å². The molecule has 1 aromatic carbocycles. The van der Waals surface area contributed by atoms with Crippen molar-refractivity contribution in [3.8, 4) is 0 Å². The fourth-order valence-corrected chi connectivity index (χ4v) is 3.14. The molecule has 5 heteroatoms. The van der Waals surface area contributed by atoms with Gasteiger partial charge in [0.25, 0.3) is 0 Å². The number of aryl methyl sites for hydroxylation is 1. The van der Waals surface area contributed by atoms with E-state index in [0.717, 1.165) is 57.2 Å². The van der Waals surface area contributed by atoms with Crippen molar-refractivity contribution in [2.24, 2.45) is 5.92 Å². The van der Waals surface area contributed by atoms with Gasteiger partial charge in [-0.25, -0.2) is 9.59 Å². The zero-order valence-corrected chi connectivity index (χ0v) is 15.3. The summed E-state index contributed by atoms with van der Waals surface area (Å²) in [6.45, 7) is 4.15. The number of unbranched alkanes of at least 4 members (excludes halogenated alkanes) is 1. The second-order valence-corrected chi connectivity index (χ2v) is 6.63. The van der Waals surface area contributed by atoms with Crippen molar-refractivity contribution in [2.75, 3.05) is 26.8 Å². The highest BCUT2D eigenvalue weighted by Gasteiger charge is 2.23. The molecule has 1 fully saturated rings. The minimum atomic E-state index is -0.295. The summed E-state index contributed by atoms with van der Waals surface area (Å²) in [7, 11) is 1.40. The van der Waals surface area contributed by atoms with Gasteiger partial charge in [-0.2, -0.15) is 0 Å². The van der Waals surface area contributed by atoms with E-state index in [1.165, 1.54) is 7.11 Å². The zero-order chi connectivity index (χ0) is 18.1. The summed E-state index contributed by atoms with van der Waals surface area (Å²) in [5, 5.41) is 0. The lowest BCUT2D eigenvalue weighted by Gasteiger charge is -2.31. The summed E-state index contributed by atoms with van der Waals surface area (Å²) >= 11 is 0. The summed E-state index contributed by atoms with van der Waals surface area (Å²) in [5.74, 6) is 0.318. The maximum atomic E-state index is 11.9. The fourth-order valence-electron chi connectivity index (χ4n) is 3.14. The lowest BCUT2D eigenvalue weighted by atomic mass is 9.90. The first-order chi connectivity index (χ1) is 12.1. The quantitative estimate of drug-likeness (QED) is 0.551. The minimum absolute atomic E-state index is 0.169. The number of carbonyl (C=O) groups excluding carboxylic acids is 2. The van der Waals surface area contributed by atoms with Crippen molar-refractivity contribution in [3.05, 3.63) is 35.4 Å². The van der Waals surface area contributed by atoms with Gasteiger partial charge in [0.15, 0.2) is 0 Å². The Bertz CT molecular complexity index is 565. The largest absolute Gasteiger partial charge is 0.465 e. The van der Waals surface area contributed by atoms with Gasteiger partial charge >= 0.3 is 12.1 Å². The molecule has 1 saturated heterocycles. The number of ether oxygens (including phenoxy) is 2. The topological polar surface area (TPSA) is 55.8 Å². The van der Waals surface area contributed by atoms with Crippen LogP contribution in [0.15, 0.2) is 24.3 Å². The van der Waals surface area contributed by atoms with E-state index in [9.17, 15) is 9.59 Å². The van der Waals surface area contributed by atoms with Crippen LogP contribution in [0.4, 0.5) is 4.79 Å². The molecule has 1 aliphatic heterocycles. The van der Waals surface area contributed by atoms with E-state index in [2.05, 4.69) is 6.92 Å². The Labute approximate surface area is 150 Å². The number of carbonyl (C=O) groups is 2. The Morgan fingerprint density at radius 2 is 2.00 bits per heavy atom. The lowest BCUT2D eigenvalue weighted by Crippen LogP contribution is -2.39. The number of benzene rings is 1. The number of methoxy groups -OCH3 is 1. The summed E-state index contributed by atoms with van der Waals surface area (Å²) < 4.78 is 10.0. The Morgan fingerprint density at radius 3 is 2.68 bits per heavy atom. The number of likely N-dealkylation sites (tertiary alicyclic amines) is 1. The van der Waals surface area contributed by atoms with Crippen LogP contribution in [0.2, 0.25) is 0 Å². The first-order valence-electron chi connectivity index (χ1n) is 9.23. The molecule has 1 aliphatic rings. The van der Waals surface area contributed by atoms with E-state index in [0.29, 0.717) is 18.1 Å². The Kier molecular flexibility index (Phi) is 7.76. The molecule has 0 spiro atoms. The van der Waals surface area contributed by atoms with Gasteiger partial charge in [-0.1, -0.05) is 25.5 Å². The smallest absolute Gasteiger partial charge is 0.409 e. The summed E-state index contributed by atoms with van der Waals surface area (Å²) in [4.78, 5) is 25.4. The number of piperidine rings is 1. The minimum Gasteiger partial charge on any atom is -0.465 e. The van der Waals surface area contributed by atoms with Crippen LogP contribution in [0.3, 0.4) is 0 Å². The number of esters is 1. The third-order valence-corrected chi connectivity index (χ3v) is 4.79. The van der Waals surface area contributed by atoms with Crippen LogP contribution in [0.5, 0.6) is 0 Å². The Hall–Kier alpha value is -2.04. The highest BCUT2D eigenvalue weighted by molar-refractivity contribution is 5.89. The number of hydrogen-bond donors (Lipinski definition) is 0. The van der Waals surface area contributed by atoms with Gasteiger partial charge in [0, 0.05) is 13.1 Å². The van der Waals surface area contributed by atoms with Crippen LogP contribution in [0.25, 0.3) is 0 Å². The van der Waals surface area contributed by atoms with Gasteiger partial charge in [0.1, 0.15) is 0 Å². The van der Waals surface area contributed by atoms with Crippen LogP contribution in [0.1, 0.15) is 54.9 Å². The molecule has 0 aromatic heterocycles. The molecule has 25 heavy (non-hydrogen) atoms. The molecule has 0 radical (unpaired) electrons. The fraction of sp³-hybridized carbons (Fsp3) is 0.600. The molecule has 0 bridgehead atoms. The molecule has 1 amide bonds.